The summed E-state index contributed by atoms with van der Waals surface area (Å²) in [5, 5.41) is 23.2. The fourth-order valence-corrected chi connectivity index (χ4v) is 4.71. The molecule has 0 radical (unpaired) electrons. The van der Waals surface area contributed by atoms with E-state index in [0.717, 1.165) is 12.0 Å². The van der Waals surface area contributed by atoms with Crippen molar-refractivity contribution >= 4 is 17.0 Å². The minimum atomic E-state index is -1.39. The van der Waals surface area contributed by atoms with Crippen LogP contribution >= 0.6 is 0 Å². The van der Waals surface area contributed by atoms with Gasteiger partial charge in [0.15, 0.2) is 0 Å². The van der Waals surface area contributed by atoms with E-state index in [2.05, 4.69) is 18.2 Å². The molecule has 0 fully saturated rings. The molecule has 4 N–H and O–H groups in total. The molecule has 0 aromatic heterocycles. The van der Waals surface area contributed by atoms with Crippen LogP contribution in [-0.2, 0) is 28.6 Å². The van der Waals surface area contributed by atoms with Crippen LogP contribution in [0.1, 0.15) is 35.4 Å². The maximum atomic E-state index is 11.2. The predicted molar refractivity (Wildman–Crippen MR) is 123 cm³/mol. The Morgan fingerprint density at radius 2 is 1.88 bits per heavy atom. The second-order valence-electron chi connectivity index (χ2n) is 7.95. The Morgan fingerprint density at radius 3 is 2.59 bits per heavy atom. The summed E-state index contributed by atoms with van der Waals surface area (Å²) in [7, 11) is -1.39. The zero-order chi connectivity index (χ0) is 22.7. The van der Waals surface area contributed by atoms with E-state index in [0.29, 0.717) is 17.3 Å². The van der Waals surface area contributed by atoms with Crippen LogP contribution in [0.3, 0.4) is 0 Å². The van der Waals surface area contributed by atoms with Gasteiger partial charge in [0.2, 0.25) is 0 Å². The first-order valence-electron chi connectivity index (χ1n) is 10.5. The molecule has 6 nitrogen and oxygen atoms in total. The van der Waals surface area contributed by atoms with Crippen LogP contribution in [0.15, 0.2) is 65.6 Å². The van der Waals surface area contributed by atoms with Crippen molar-refractivity contribution in [1.82, 2.24) is 0 Å². The van der Waals surface area contributed by atoms with Gasteiger partial charge >= 0.3 is 5.97 Å². The van der Waals surface area contributed by atoms with Crippen LogP contribution in [0, 0.1) is 0 Å². The van der Waals surface area contributed by atoms with Gasteiger partial charge in [0.25, 0.3) is 0 Å². The number of aliphatic carboxylic acids is 1. The molecule has 5 rings (SSSR count). The summed E-state index contributed by atoms with van der Waals surface area (Å²) >= 11 is 0. The normalized spacial score (nSPS) is 16.8. The maximum absolute atomic E-state index is 11.2. The highest BCUT2D eigenvalue weighted by molar-refractivity contribution is 7.82. The minimum absolute atomic E-state index is 0.0672. The summed E-state index contributed by atoms with van der Waals surface area (Å²) in [4.78, 5) is 11.2. The summed E-state index contributed by atoms with van der Waals surface area (Å²) < 4.78 is 16.4. The van der Waals surface area contributed by atoms with Crippen molar-refractivity contribution in [3.8, 4) is 22.6 Å². The number of benzene rings is 3. The van der Waals surface area contributed by atoms with Gasteiger partial charge in [-0.15, -0.1) is 0 Å². The molecule has 166 valence electrons. The number of carbonyl (C=O) groups is 1. The minimum Gasteiger partial charge on any atom is -0.508 e. The summed E-state index contributed by atoms with van der Waals surface area (Å²) in [6, 6.07) is 19.0. The lowest BCUT2D eigenvalue weighted by atomic mass is 9.97. The van der Waals surface area contributed by atoms with E-state index in [-0.39, 0.29) is 18.1 Å². The molecule has 0 saturated carbocycles. The van der Waals surface area contributed by atoms with E-state index in [4.69, 9.17) is 20.1 Å². The molecule has 0 bridgehead atoms. The molecule has 1 aliphatic carbocycles. The number of carboxylic acids is 1. The fourth-order valence-electron chi connectivity index (χ4n) is 4.30. The molecular weight excluding hydrogens is 426 g/mol. The van der Waals surface area contributed by atoms with Gasteiger partial charge in [0.1, 0.15) is 22.5 Å². The molecule has 0 amide bonds. The molecule has 1 heterocycles. The number of aromatic hydroxyl groups is 1. The zero-order valence-electron chi connectivity index (χ0n) is 17.5. The molecule has 3 aromatic carbocycles. The van der Waals surface area contributed by atoms with Gasteiger partial charge in [-0.3, -0.25) is 4.79 Å². The number of ether oxygens (including phenoxy) is 1. The van der Waals surface area contributed by atoms with Crippen molar-refractivity contribution in [3.05, 3.63) is 77.4 Å². The monoisotopic (exact) mass is 451 g/mol. The number of fused-ring (bicyclic) bond motifs is 2. The van der Waals surface area contributed by atoms with E-state index in [1.165, 1.54) is 41.2 Å². The fraction of sp³-hybridized carbons (Fsp3) is 0.240. The molecule has 3 aromatic rings. The Hall–Kier alpha value is -3.16. The van der Waals surface area contributed by atoms with Crippen LogP contribution < -0.4 is 9.88 Å². The number of aryl methyl sites for hydroxylation is 1. The van der Waals surface area contributed by atoms with Crippen molar-refractivity contribution in [2.75, 3.05) is 6.61 Å². The Kier molecular flexibility index (Phi) is 6.58. The molecule has 7 heteroatoms. The van der Waals surface area contributed by atoms with E-state index >= 15 is 0 Å². The molecule has 0 spiro atoms. The average Bonchev–Trinajstić information content (AvgIpc) is 3.40. The average molecular weight is 452 g/mol. The SMILES string of the molecule is NS(=O)c1ccc(-c2cccc3c2CCC3)cc1.O=C(O)C[C@@H]1COc2cc(O)ccc21. The van der Waals surface area contributed by atoms with Crippen molar-refractivity contribution in [2.45, 2.75) is 36.5 Å². The third-order valence-electron chi connectivity index (χ3n) is 5.84. The highest BCUT2D eigenvalue weighted by atomic mass is 32.2. The number of carboxylic acid groups (broad SMARTS) is 1. The van der Waals surface area contributed by atoms with Crippen LogP contribution in [0.5, 0.6) is 11.5 Å². The predicted octanol–water partition coefficient (Wildman–Crippen LogP) is 4.17. The standard InChI is InChI=1S/C15H15NOS.C10H10O4/c16-18(17)13-9-7-12(8-10-13)15-6-2-4-11-3-1-5-14(11)15;11-7-1-2-8-6(3-10(12)13)5-14-9(8)4-7/h2,4,6-10H,1,3,5,16H2;1-2,4,6,11H,3,5H2,(H,12,13)/t;6-/m.1/s1. The number of hydrogen-bond acceptors (Lipinski definition) is 4. The zero-order valence-corrected chi connectivity index (χ0v) is 18.3. The van der Waals surface area contributed by atoms with Crippen LogP contribution in [-0.4, -0.2) is 27.0 Å². The summed E-state index contributed by atoms with van der Waals surface area (Å²) in [6.45, 7) is 0.380. The first-order valence-corrected chi connectivity index (χ1v) is 11.7. The first-order chi connectivity index (χ1) is 15.4. The number of phenolic OH excluding ortho intramolecular Hbond substituents is 1. The molecule has 1 unspecified atom stereocenters. The van der Waals surface area contributed by atoms with Crippen molar-refractivity contribution in [3.63, 3.8) is 0 Å². The highest BCUT2D eigenvalue weighted by Crippen LogP contribution is 2.37. The lowest BCUT2D eigenvalue weighted by Gasteiger charge is -2.09. The molecule has 2 atom stereocenters. The van der Waals surface area contributed by atoms with Crippen LogP contribution in [0.25, 0.3) is 11.1 Å². The van der Waals surface area contributed by atoms with E-state index in [1.54, 1.807) is 12.1 Å². The third-order valence-corrected chi connectivity index (χ3v) is 6.58. The Morgan fingerprint density at radius 1 is 1.09 bits per heavy atom. The number of nitrogens with two attached hydrogens (primary N) is 1. The molecule has 1 aliphatic heterocycles. The van der Waals surface area contributed by atoms with Crippen LogP contribution in [0.4, 0.5) is 0 Å². The van der Waals surface area contributed by atoms with E-state index in [9.17, 15) is 9.00 Å². The van der Waals surface area contributed by atoms with Gasteiger partial charge < -0.3 is 14.9 Å². The van der Waals surface area contributed by atoms with E-state index < -0.39 is 17.0 Å². The van der Waals surface area contributed by atoms with Gasteiger partial charge in [-0.05, 0) is 59.7 Å². The number of rotatable bonds is 4. The molecule has 0 saturated heterocycles. The Balaban J connectivity index is 0.000000158. The van der Waals surface area contributed by atoms with Crippen molar-refractivity contribution < 1.29 is 24.0 Å². The number of phenols is 1. The lowest BCUT2D eigenvalue weighted by molar-refractivity contribution is -0.137. The highest BCUT2D eigenvalue weighted by Gasteiger charge is 2.26. The van der Waals surface area contributed by atoms with Gasteiger partial charge in [-0.25, -0.2) is 9.35 Å². The van der Waals surface area contributed by atoms with Crippen molar-refractivity contribution in [2.24, 2.45) is 5.14 Å². The second-order valence-corrected chi connectivity index (χ2v) is 9.01. The van der Waals surface area contributed by atoms with Gasteiger partial charge in [-0.1, -0.05) is 36.4 Å². The van der Waals surface area contributed by atoms with Gasteiger partial charge in [-0.2, -0.15) is 0 Å². The largest absolute Gasteiger partial charge is 0.508 e. The molecular formula is C25H25NO5S. The quantitative estimate of drug-likeness (QED) is 0.552. The topological polar surface area (TPSA) is 110 Å². The molecule has 32 heavy (non-hydrogen) atoms. The van der Waals surface area contributed by atoms with Gasteiger partial charge in [0, 0.05) is 17.5 Å². The summed E-state index contributed by atoms with van der Waals surface area (Å²) in [5.74, 6) is -0.196. The summed E-state index contributed by atoms with van der Waals surface area (Å²) in [6.07, 6.45) is 3.67. The Labute approximate surface area is 189 Å². The smallest absolute Gasteiger partial charge is 0.304 e. The van der Waals surface area contributed by atoms with Gasteiger partial charge in [0.05, 0.1) is 17.9 Å². The summed E-state index contributed by atoms with van der Waals surface area (Å²) in [5.41, 5.74) is 6.30. The first kappa shape index (κ1) is 22.0. The second kappa shape index (κ2) is 9.54. The van der Waals surface area contributed by atoms with E-state index in [1.807, 2.05) is 24.3 Å². The maximum Gasteiger partial charge on any atom is 0.304 e. The Bertz CT molecular complexity index is 1160. The van der Waals surface area contributed by atoms with Crippen molar-refractivity contribution in [1.29, 1.82) is 0 Å². The third kappa shape index (κ3) is 4.84. The molecule has 2 aliphatic rings. The van der Waals surface area contributed by atoms with Crippen LogP contribution in [0.2, 0.25) is 0 Å². The lowest BCUT2D eigenvalue weighted by Crippen LogP contribution is -2.07. The number of hydrogen-bond donors (Lipinski definition) is 3.